The van der Waals surface area contributed by atoms with Crippen molar-refractivity contribution in [2.45, 2.75) is 38.5 Å². The fourth-order valence-electron chi connectivity index (χ4n) is 2.05. The van der Waals surface area contributed by atoms with Crippen molar-refractivity contribution in [3.05, 3.63) is 48.5 Å². The third-order valence-electron chi connectivity index (χ3n) is 2.93. The Labute approximate surface area is 123 Å². The molecule has 2 rings (SSSR count). The van der Waals surface area contributed by atoms with E-state index in [4.69, 9.17) is 0 Å². The summed E-state index contributed by atoms with van der Waals surface area (Å²) in [6, 6.07) is 8.18. The van der Waals surface area contributed by atoms with Crippen LogP contribution in [0.1, 0.15) is 38.5 Å². The Kier molecular flexibility index (Phi) is 4.37. The Bertz CT molecular complexity index is 575. The van der Waals surface area contributed by atoms with Crippen LogP contribution in [-0.4, -0.2) is 31.3 Å². The highest BCUT2D eigenvalue weighted by atomic mass is 16.3. The largest absolute Gasteiger partial charge is 0.386 e. The molecule has 1 amide bonds. The molecule has 0 bridgehead atoms. The maximum Gasteiger partial charge on any atom is 0.248 e. The Morgan fingerprint density at radius 1 is 1.29 bits per heavy atom. The molecule has 2 aromatic rings. The van der Waals surface area contributed by atoms with E-state index in [2.05, 4.69) is 15.4 Å². The smallest absolute Gasteiger partial charge is 0.248 e. The first-order chi connectivity index (χ1) is 9.88. The lowest BCUT2D eigenvalue weighted by molar-refractivity contribution is -0.129. The van der Waals surface area contributed by atoms with Crippen molar-refractivity contribution in [3.8, 4) is 0 Å². The van der Waals surface area contributed by atoms with Crippen LogP contribution in [0, 0.1) is 0 Å². The third kappa shape index (κ3) is 3.88. The van der Waals surface area contributed by atoms with E-state index in [1.54, 1.807) is 12.1 Å². The Hall–Kier alpha value is -2.21. The van der Waals surface area contributed by atoms with Crippen LogP contribution < -0.4 is 5.32 Å². The molecule has 2 unspecified atom stereocenters. The van der Waals surface area contributed by atoms with Gasteiger partial charge in [0.25, 0.3) is 0 Å². The minimum Gasteiger partial charge on any atom is -0.386 e. The van der Waals surface area contributed by atoms with Gasteiger partial charge in [-0.2, -0.15) is 5.10 Å². The van der Waals surface area contributed by atoms with E-state index in [0.29, 0.717) is 5.56 Å². The molecule has 6 nitrogen and oxygen atoms in total. The molecule has 0 aliphatic heterocycles. The van der Waals surface area contributed by atoms with E-state index in [9.17, 15) is 9.90 Å². The Balaban J connectivity index is 2.31. The second-order valence-corrected chi connectivity index (χ2v) is 5.92. The molecule has 0 fully saturated rings. The zero-order valence-corrected chi connectivity index (χ0v) is 12.4. The summed E-state index contributed by atoms with van der Waals surface area (Å²) in [5, 5.41) is 17.4. The first kappa shape index (κ1) is 15.2. The number of nitrogens with zero attached hydrogens (tertiary/aromatic N) is 3. The standard InChI is InChI=1S/C15H20N4O2/c1-15(2,3)18-14(21)12(19-10-16-9-17-19)13(20)11-7-5-4-6-8-11/h4-10,12-13,20H,1-3H3,(H,18,21). The summed E-state index contributed by atoms with van der Waals surface area (Å²) in [5.41, 5.74) is 0.258. The molecule has 0 saturated carbocycles. The van der Waals surface area contributed by atoms with Gasteiger partial charge in [0.15, 0.2) is 6.04 Å². The third-order valence-corrected chi connectivity index (χ3v) is 2.93. The highest BCUT2D eigenvalue weighted by molar-refractivity contribution is 5.81. The highest BCUT2D eigenvalue weighted by Gasteiger charge is 2.32. The van der Waals surface area contributed by atoms with E-state index in [-0.39, 0.29) is 5.91 Å². The molecule has 0 radical (unpaired) electrons. The van der Waals surface area contributed by atoms with Crippen LogP contribution in [0.4, 0.5) is 0 Å². The van der Waals surface area contributed by atoms with Gasteiger partial charge >= 0.3 is 0 Å². The number of aliphatic hydroxyl groups excluding tert-OH is 1. The van der Waals surface area contributed by atoms with Gasteiger partial charge in [0.05, 0.1) is 0 Å². The molecule has 0 spiro atoms. The normalized spacial score (nSPS) is 14.5. The number of amides is 1. The van der Waals surface area contributed by atoms with Crippen molar-refractivity contribution in [1.29, 1.82) is 0 Å². The lowest BCUT2D eigenvalue weighted by atomic mass is 10.00. The van der Waals surface area contributed by atoms with Gasteiger partial charge in [0.2, 0.25) is 5.91 Å². The van der Waals surface area contributed by atoms with E-state index >= 15 is 0 Å². The van der Waals surface area contributed by atoms with Crippen molar-refractivity contribution >= 4 is 5.91 Å². The van der Waals surface area contributed by atoms with Crippen molar-refractivity contribution in [1.82, 2.24) is 20.1 Å². The molecule has 112 valence electrons. The van der Waals surface area contributed by atoms with Gasteiger partial charge in [0, 0.05) is 5.54 Å². The lowest BCUT2D eigenvalue weighted by Crippen LogP contribution is -2.46. The summed E-state index contributed by atoms with van der Waals surface area (Å²) in [4.78, 5) is 16.4. The molecule has 6 heteroatoms. The summed E-state index contributed by atoms with van der Waals surface area (Å²) in [6.45, 7) is 5.66. The summed E-state index contributed by atoms with van der Waals surface area (Å²) >= 11 is 0. The summed E-state index contributed by atoms with van der Waals surface area (Å²) < 4.78 is 1.37. The number of aliphatic hydroxyl groups is 1. The van der Waals surface area contributed by atoms with Crippen LogP contribution in [0.15, 0.2) is 43.0 Å². The summed E-state index contributed by atoms with van der Waals surface area (Å²) in [5.74, 6) is -0.302. The minimum absolute atomic E-state index is 0.302. The van der Waals surface area contributed by atoms with Gasteiger partial charge in [-0.05, 0) is 26.3 Å². The van der Waals surface area contributed by atoms with Crippen LogP contribution in [0.5, 0.6) is 0 Å². The van der Waals surface area contributed by atoms with Gasteiger partial charge in [-0.3, -0.25) is 4.79 Å². The van der Waals surface area contributed by atoms with E-state index in [1.807, 2.05) is 39.0 Å². The fraction of sp³-hybridized carbons (Fsp3) is 0.400. The number of carbonyl (C=O) groups excluding carboxylic acids is 1. The number of rotatable bonds is 4. The van der Waals surface area contributed by atoms with E-state index in [0.717, 1.165) is 0 Å². The van der Waals surface area contributed by atoms with Crippen molar-refractivity contribution in [3.63, 3.8) is 0 Å². The molecule has 0 aliphatic carbocycles. The number of nitrogens with one attached hydrogen (secondary N) is 1. The number of hydrogen-bond acceptors (Lipinski definition) is 4. The zero-order chi connectivity index (χ0) is 15.5. The topological polar surface area (TPSA) is 80.0 Å². The average molecular weight is 288 g/mol. The summed E-state index contributed by atoms with van der Waals surface area (Å²) in [7, 11) is 0. The Morgan fingerprint density at radius 2 is 1.95 bits per heavy atom. The maximum absolute atomic E-state index is 12.5. The monoisotopic (exact) mass is 288 g/mol. The first-order valence-corrected chi connectivity index (χ1v) is 6.77. The van der Waals surface area contributed by atoms with E-state index < -0.39 is 17.7 Å². The molecule has 1 heterocycles. The van der Waals surface area contributed by atoms with Crippen molar-refractivity contribution in [2.75, 3.05) is 0 Å². The van der Waals surface area contributed by atoms with Crippen molar-refractivity contribution in [2.24, 2.45) is 0 Å². The molecule has 0 aliphatic rings. The fourth-order valence-corrected chi connectivity index (χ4v) is 2.05. The SMILES string of the molecule is CC(C)(C)NC(=O)C(C(O)c1ccccc1)n1cncn1. The molecule has 21 heavy (non-hydrogen) atoms. The van der Waals surface area contributed by atoms with Gasteiger partial charge < -0.3 is 10.4 Å². The van der Waals surface area contributed by atoms with Crippen LogP contribution >= 0.6 is 0 Å². The number of carbonyl (C=O) groups is 1. The van der Waals surface area contributed by atoms with Crippen LogP contribution in [0.25, 0.3) is 0 Å². The average Bonchev–Trinajstić information content (AvgIpc) is 2.91. The predicted octanol–water partition coefficient (Wildman–Crippen LogP) is 1.47. The van der Waals surface area contributed by atoms with Crippen LogP contribution in [0.2, 0.25) is 0 Å². The molecule has 2 N–H and O–H groups in total. The van der Waals surface area contributed by atoms with Crippen molar-refractivity contribution < 1.29 is 9.90 Å². The zero-order valence-electron chi connectivity index (χ0n) is 12.4. The lowest BCUT2D eigenvalue weighted by Gasteiger charge is -2.27. The maximum atomic E-state index is 12.5. The van der Waals surface area contributed by atoms with Gasteiger partial charge in [0.1, 0.15) is 18.8 Å². The molecular formula is C15H20N4O2. The van der Waals surface area contributed by atoms with Crippen LogP contribution in [0.3, 0.4) is 0 Å². The van der Waals surface area contributed by atoms with E-state index in [1.165, 1.54) is 17.3 Å². The first-order valence-electron chi connectivity index (χ1n) is 6.77. The van der Waals surface area contributed by atoms with Crippen LogP contribution in [-0.2, 0) is 4.79 Å². The predicted molar refractivity (Wildman–Crippen MR) is 78.4 cm³/mol. The molecule has 1 aromatic heterocycles. The number of aromatic nitrogens is 3. The quantitative estimate of drug-likeness (QED) is 0.892. The second kappa shape index (κ2) is 6.05. The van der Waals surface area contributed by atoms with Gasteiger partial charge in [-0.15, -0.1) is 0 Å². The minimum atomic E-state index is -1.00. The van der Waals surface area contributed by atoms with Gasteiger partial charge in [-0.25, -0.2) is 9.67 Å². The molecule has 0 saturated heterocycles. The molecular weight excluding hydrogens is 268 g/mol. The Morgan fingerprint density at radius 3 is 2.48 bits per heavy atom. The second-order valence-electron chi connectivity index (χ2n) is 5.92. The highest BCUT2D eigenvalue weighted by Crippen LogP contribution is 2.26. The molecule has 2 atom stereocenters. The molecule has 1 aromatic carbocycles. The summed E-state index contributed by atoms with van der Waals surface area (Å²) in [6.07, 6.45) is 1.77. The number of hydrogen-bond donors (Lipinski definition) is 2. The van der Waals surface area contributed by atoms with Gasteiger partial charge in [-0.1, -0.05) is 30.3 Å². The number of benzene rings is 1.